The van der Waals surface area contributed by atoms with E-state index in [0.717, 1.165) is 18.4 Å². The topological polar surface area (TPSA) is 29.3 Å². The normalized spacial score (nSPS) is 28.1. The fourth-order valence-electron chi connectivity index (χ4n) is 2.43. The quantitative estimate of drug-likeness (QED) is 0.645. The molecule has 0 bridgehead atoms. The van der Waals surface area contributed by atoms with Gasteiger partial charge in [-0.1, -0.05) is 33.1 Å². The van der Waals surface area contributed by atoms with E-state index in [-0.39, 0.29) is 5.54 Å². The monoisotopic (exact) mass is 226 g/mol. The number of nitrogens with zero attached hydrogens (tertiary/aromatic N) is 1. The molecular formula is C14H30N2. The molecule has 3 atom stereocenters. The van der Waals surface area contributed by atoms with Gasteiger partial charge in [0.05, 0.1) is 0 Å². The van der Waals surface area contributed by atoms with Crippen LogP contribution in [0.25, 0.3) is 0 Å². The molecule has 0 aromatic carbocycles. The summed E-state index contributed by atoms with van der Waals surface area (Å²) in [5.74, 6) is 1.88. The highest BCUT2D eigenvalue weighted by molar-refractivity contribution is 4.91. The van der Waals surface area contributed by atoms with E-state index in [9.17, 15) is 0 Å². The minimum Gasteiger partial charge on any atom is -0.329 e. The third kappa shape index (κ3) is 3.74. The average molecular weight is 226 g/mol. The van der Waals surface area contributed by atoms with Crippen LogP contribution < -0.4 is 5.73 Å². The second-order valence-corrected chi connectivity index (χ2v) is 6.01. The molecule has 2 heteroatoms. The van der Waals surface area contributed by atoms with Crippen molar-refractivity contribution in [1.29, 1.82) is 0 Å². The highest BCUT2D eigenvalue weighted by Gasteiger charge is 2.37. The first-order valence-corrected chi connectivity index (χ1v) is 6.94. The van der Waals surface area contributed by atoms with Crippen molar-refractivity contribution in [2.75, 3.05) is 20.1 Å². The first-order chi connectivity index (χ1) is 7.53. The van der Waals surface area contributed by atoms with Crippen LogP contribution in [-0.4, -0.2) is 30.6 Å². The van der Waals surface area contributed by atoms with E-state index in [1.807, 2.05) is 0 Å². The Balaban J connectivity index is 2.36. The molecule has 3 unspecified atom stereocenters. The maximum absolute atomic E-state index is 5.98. The lowest BCUT2D eigenvalue weighted by molar-refractivity contribution is 0.123. The fourth-order valence-corrected chi connectivity index (χ4v) is 2.43. The third-order valence-corrected chi connectivity index (χ3v) is 4.46. The summed E-state index contributed by atoms with van der Waals surface area (Å²) in [6.07, 6.45) is 6.61. The second kappa shape index (κ2) is 6.02. The van der Waals surface area contributed by atoms with Gasteiger partial charge in [0.2, 0.25) is 0 Å². The molecule has 0 spiro atoms. The Hall–Kier alpha value is -0.0800. The molecule has 16 heavy (non-hydrogen) atoms. The molecule has 1 saturated carbocycles. The van der Waals surface area contributed by atoms with Gasteiger partial charge in [0.1, 0.15) is 0 Å². The smallest absolute Gasteiger partial charge is 0.0300 e. The van der Waals surface area contributed by atoms with Crippen molar-refractivity contribution in [1.82, 2.24) is 4.90 Å². The predicted octanol–water partition coefficient (Wildman–Crippen LogP) is 2.87. The van der Waals surface area contributed by atoms with E-state index in [1.165, 1.54) is 38.6 Å². The van der Waals surface area contributed by atoms with Crippen LogP contribution >= 0.6 is 0 Å². The fraction of sp³-hybridized carbons (Fsp3) is 1.00. The van der Waals surface area contributed by atoms with Crippen molar-refractivity contribution >= 4 is 0 Å². The first-order valence-electron chi connectivity index (χ1n) is 6.94. The number of rotatable bonds is 8. The average Bonchev–Trinajstić information content (AvgIpc) is 2.94. The zero-order valence-electron chi connectivity index (χ0n) is 11.6. The van der Waals surface area contributed by atoms with E-state index < -0.39 is 0 Å². The highest BCUT2D eigenvalue weighted by atomic mass is 15.2. The first kappa shape index (κ1) is 14.0. The summed E-state index contributed by atoms with van der Waals surface area (Å²) in [6, 6.07) is 0. The summed E-state index contributed by atoms with van der Waals surface area (Å²) in [6.45, 7) is 8.97. The Morgan fingerprint density at radius 3 is 2.44 bits per heavy atom. The Labute approximate surface area is 102 Å². The molecule has 96 valence electrons. The van der Waals surface area contributed by atoms with Crippen LogP contribution in [0.2, 0.25) is 0 Å². The molecule has 2 nitrogen and oxygen atoms in total. The molecule has 0 aromatic heterocycles. The van der Waals surface area contributed by atoms with Gasteiger partial charge in [0.25, 0.3) is 0 Å². The molecule has 1 fully saturated rings. The Morgan fingerprint density at radius 2 is 2.00 bits per heavy atom. The number of likely N-dealkylation sites (N-methyl/N-ethyl adjacent to an activating group) is 1. The van der Waals surface area contributed by atoms with Gasteiger partial charge >= 0.3 is 0 Å². The van der Waals surface area contributed by atoms with Crippen LogP contribution in [0, 0.1) is 11.8 Å². The molecule has 0 heterocycles. The largest absolute Gasteiger partial charge is 0.329 e. The van der Waals surface area contributed by atoms with Crippen LogP contribution in [0.15, 0.2) is 0 Å². The van der Waals surface area contributed by atoms with Gasteiger partial charge < -0.3 is 5.73 Å². The Morgan fingerprint density at radius 1 is 1.38 bits per heavy atom. The summed E-state index contributed by atoms with van der Waals surface area (Å²) in [7, 11) is 2.25. The van der Waals surface area contributed by atoms with Gasteiger partial charge in [-0.15, -0.1) is 0 Å². The van der Waals surface area contributed by atoms with E-state index >= 15 is 0 Å². The maximum Gasteiger partial charge on any atom is 0.0300 e. The van der Waals surface area contributed by atoms with E-state index in [1.54, 1.807) is 0 Å². The zero-order chi connectivity index (χ0) is 12.2. The molecule has 0 aromatic rings. The summed E-state index contributed by atoms with van der Waals surface area (Å²) < 4.78 is 0. The zero-order valence-corrected chi connectivity index (χ0v) is 11.6. The lowest BCUT2D eigenvalue weighted by Crippen LogP contribution is -2.50. The van der Waals surface area contributed by atoms with Crippen LogP contribution in [0.5, 0.6) is 0 Å². The number of nitrogens with two attached hydrogens (primary N) is 1. The van der Waals surface area contributed by atoms with Gasteiger partial charge in [0, 0.05) is 18.6 Å². The third-order valence-electron chi connectivity index (χ3n) is 4.46. The molecule has 0 aliphatic heterocycles. The van der Waals surface area contributed by atoms with Crippen molar-refractivity contribution in [3.63, 3.8) is 0 Å². The number of hydrogen-bond donors (Lipinski definition) is 1. The van der Waals surface area contributed by atoms with Crippen LogP contribution in [0.3, 0.4) is 0 Å². The summed E-state index contributed by atoms with van der Waals surface area (Å²) in [5.41, 5.74) is 6.20. The van der Waals surface area contributed by atoms with Gasteiger partial charge in [-0.25, -0.2) is 0 Å². The van der Waals surface area contributed by atoms with E-state index in [2.05, 4.69) is 32.7 Å². The summed E-state index contributed by atoms with van der Waals surface area (Å²) in [4.78, 5) is 2.51. The minimum atomic E-state index is 0.220. The molecule has 0 saturated heterocycles. The van der Waals surface area contributed by atoms with Crippen molar-refractivity contribution in [2.24, 2.45) is 17.6 Å². The second-order valence-electron chi connectivity index (χ2n) is 6.01. The van der Waals surface area contributed by atoms with Crippen molar-refractivity contribution in [2.45, 2.75) is 58.4 Å². The van der Waals surface area contributed by atoms with Gasteiger partial charge in [-0.05, 0) is 38.6 Å². The minimum absolute atomic E-state index is 0.220. The van der Waals surface area contributed by atoms with Crippen LogP contribution in [0.1, 0.15) is 52.9 Å². The molecule has 0 amide bonds. The molecule has 1 aliphatic carbocycles. The van der Waals surface area contributed by atoms with Crippen molar-refractivity contribution in [3.8, 4) is 0 Å². The summed E-state index contributed by atoms with van der Waals surface area (Å²) >= 11 is 0. The Bertz CT molecular complexity index is 205. The SMILES string of the molecule is CCCCCC(C)(CN)N(C)CC1CC1C. The Kier molecular flexibility index (Phi) is 5.26. The molecule has 1 rings (SSSR count). The highest BCUT2D eigenvalue weighted by Crippen LogP contribution is 2.39. The van der Waals surface area contributed by atoms with Crippen LogP contribution in [0.4, 0.5) is 0 Å². The lowest BCUT2D eigenvalue weighted by Gasteiger charge is -2.38. The van der Waals surface area contributed by atoms with Crippen molar-refractivity contribution in [3.05, 3.63) is 0 Å². The van der Waals surface area contributed by atoms with Gasteiger partial charge in [0.15, 0.2) is 0 Å². The standard InChI is InChI=1S/C14H30N2/c1-5-6-7-8-14(3,11-15)16(4)10-13-9-12(13)2/h12-13H,5-11,15H2,1-4H3. The molecule has 0 radical (unpaired) electrons. The molecule has 1 aliphatic rings. The van der Waals surface area contributed by atoms with Crippen molar-refractivity contribution < 1.29 is 0 Å². The van der Waals surface area contributed by atoms with Gasteiger partial charge in [-0.3, -0.25) is 4.90 Å². The van der Waals surface area contributed by atoms with Gasteiger partial charge in [-0.2, -0.15) is 0 Å². The van der Waals surface area contributed by atoms with E-state index in [4.69, 9.17) is 5.73 Å². The van der Waals surface area contributed by atoms with E-state index in [0.29, 0.717) is 0 Å². The summed E-state index contributed by atoms with van der Waals surface area (Å²) in [5, 5.41) is 0. The van der Waals surface area contributed by atoms with Crippen LogP contribution in [-0.2, 0) is 0 Å². The molecule has 2 N–H and O–H groups in total. The lowest BCUT2D eigenvalue weighted by atomic mass is 9.92. The maximum atomic E-state index is 5.98. The predicted molar refractivity (Wildman–Crippen MR) is 71.5 cm³/mol. The number of hydrogen-bond acceptors (Lipinski definition) is 2. The number of unbranched alkanes of at least 4 members (excludes halogenated alkanes) is 2. The molecular weight excluding hydrogens is 196 g/mol.